The predicted octanol–water partition coefficient (Wildman–Crippen LogP) is 1.87. The number of rotatable bonds is 2. The molecule has 0 aliphatic rings. The van der Waals surface area contributed by atoms with Crippen molar-refractivity contribution in [2.24, 2.45) is 5.73 Å². The normalized spacial score (nSPS) is 11.5. The second kappa shape index (κ2) is 4.25. The minimum Gasteiger partial charge on any atom is -0.365 e. The van der Waals surface area contributed by atoms with Crippen molar-refractivity contribution in [3.63, 3.8) is 0 Å². The van der Waals surface area contributed by atoms with E-state index >= 15 is 0 Å². The van der Waals surface area contributed by atoms with E-state index in [0.29, 0.717) is 11.3 Å². The van der Waals surface area contributed by atoms with Crippen molar-refractivity contribution in [1.82, 2.24) is 15.2 Å². The van der Waals surface area contributed by atoms with Gasteiger partial charge in [0.2, 0.25) is 0 Å². The molecule has 0 radical (unpaired) electrons. The predicted molar refractivity (Wildman–Crippen MR) is 69.0 cm³/mol. The summed E-state index contributed by atoms with van der Waals surface area (Å²) in [6.45, 7) is 6.00. The summed E-state index contributed by atoms with van der Waals surface area (Å²) >= 11 is 0. The number of carbonyl (C=O) groups is 1. The number of carbonyl (C=O) groups excluding carboxylic acids is 1. The topological polar surface area (TPSA) is 84.7 Å². The molecule has 0 aliphatic heterocycles. The molecule has 0 saturated heterocycles. The molecule has 1 amide bonds. The molecule has 5 heteroatoms. The number of pyridine rings is 1. The van der Waals surface area contributed by atoms with E-state index in [4.69, 9.17) is 5.73 Å². The van der Waals surface area contributed by atoms with E-state index in [9.17, 15) is 4.79 Å². The second-order valence-corrected chi connectivity index (χ2v) is 5.18. The van der Waals surface area contributed by atoms with Crippen molar-refractivity contribution in [3.8, 4) is 11.3 Å². The Morgan fingerprint density at radius 2 is 2.11 bits per heavy atom. The summed E-state index contributed by atoms with van der Waals surface area (Å²) in [5.41, 5.74) is 7.77. The third-order valence-electron chi connectivity index (χ3n) is 2.70. The van der Waals surface area contributed by atoms with Crippen LogP contribution in [0.4, 0.5) is 0 Å². The van der Waals surface area contributed by atoms with E-state index < -0.39 is 5.91 Å². The highest BCUT2D eigenvalue weighted by molar-refractivity contribution is 6.00. The maximum Gasteiger partial charge on any atom is 0.252 e. The number of amides is 1. The number of hydrogen-bond acceptors (Lipinski definition) is 3. The third-order valence-corrected chi connectivity index (χ3v) is 2.70. The number of nitrogens with zero attached hydrogens (tertiary/aromatic N) is 2. The first-order chi connectivity index (χ1) is 8.41. The lowest BCUT2D eigenvalue weighted by atomic mass is 9.88. The Morgan fingerprint density at radius 3 is 2.61 bits per heavy atom. The summed E-state index contributed by atoms with van der Waals surface area (Å²) in [7, 11) is 0. The lowest BCUT2D eigenvalue weighted by Gasteiger charge is -2.17. The number of H-pyrrole nitrogens is 1. The maximum atomic E-state index is 11.7. The van der Waals surface area contributed by atoms with Crippen LogP contribution in [0.3, 0.4) is 0 Å². The molecule has 0 fully saturated rings. The molecular weight excluding hydrogens is 228 g/mol. The Morgan fingerprint density at radius 1 is 1.39 bits per heavy atom. The van der Waals surface area contributed by atoms with Crippen LogP contribution >= 0.6 is 0 Å². The number of hydrogen-bond donors (Lipinski definition) is 2. The average molecular weight is 244 g/mol. The quantitative estimate of drug-likeness (QED) is 0.845. The Bertz CT molecular complexity index is 566. The van der Waals surface area contributed by atoms with Crippen LogP contribution in [0, 0.1) is 0 Å². The van der Waals surface area contributed by atoms with Gasteiger partial charge in [0.05, 0.1) is 11.3 Å². The molecule has 2 heterocycles. The van der Waals surface area contributed by atoms with Crippen molar-refractivity contribution in [1.29, 1.82) is 0 Å². The number of nitrogens with one attached hydrogen (secondary N) is 1. The van der Waals surface area contributed by atoms with Crippen LogP contribution in [0.2, 0.25) is 0 Å². The van der Waals surface area contributed by atoms with Crippen molar-refractivity contribution < 1.29 is 4.79 Å². The zero-order valence-electron chi connectivity index (χ0n) is 10.7. The van der Waals surface area contributed by atoms with Crippen LogP contribution in [0.25, 0.3) is 11.3 Å². The highest BCUT2D eigenvalue weighted by Gasteiger charge is 2.27. The Hall–Kier alpha value is -2.17. The maximum absolute atomic E-state index is 11.7. The van der Waals surface area contributed by atoms with Crippen LogP contribution in [-0.4, -0.2) is 21.1 Å². The smallest absolute Gasteiger partial charge is 0.252 e. The number of aromatic amines is 1. The molecule has 0 saturated carbocycles. The molecule has 2 aromatic heterocycles. The minimum atomic E-state index is -0.479. The summed E-state index contributed by atoms with van der Waals surface area (Å²) in [4.78, 5) is 15.7. The molecular formula is C13H16N4O. The monoisotopic (exact) mass is 244 g/mol. The largest absolute Gasteiger partial charge is 0.365 e. The Labute approximate surface area is 105 Å². The second-order valence-electron chi connectivity index (χ2n) is 5.18. The third kappa shape index (κ3) is 2.11. The van der Waals surface area contributed by atoms with Gasteiger partial charge in [-0.2, -0.15) is 5.10 Å². The van der Waals surface area contributed by atoms with Crippen molar-refractivity contribution in [3.05, 3.63) is 35.8 Å². The molecule has 0 aromatic carbocycles. The molecule has 2 rings (SSSR count). The van der Waals surface area contributed by atoms with Crippen LogP contribution in [0.15, 0.2) is 24.5 Å². The van der Waals surface area contributed by atoms with Crippen molar-refractivity contribution >= 4 is 5.91 Å². The van der Waals surface area contributed by atoms with Gasteiger partial charge in [0.1, 0.15) is 5.69 Å². The van der Waals surface area contributed by atoms with Crippen LogP contribution in [-0.2, 0) is 5.41 Å². The summed E-state index contributed by atoms with van der Waals surface area (Å²) in [5, 5.41) is 7.12. The Kier molecular flexibility index (Phi) is 2.90. The molecule has 94 valence electrons. The van der Waals surface area contributed by atoms with Crippen molar-refractivity contribution in [2.45, 2.75) is 26.2 Å². The Balaban J connectivity index is 2.64. The van der Waals surface area contributed by atoms with E-state index in [2.05, 4.69) is 15.2 Å². The zero-order chi connectivity index (χ0) is 13.3. The van der Waals surface area contributed by atoms with Gasteiger partial charge in [-0.25, -0.2) is 0 Å². The molecule has 0 spiro atoms. The molecule has 3 N–H and O–H groups in total. The summed E-state index contributed by atoms with van der Waals surface area (Å²) < 4.78 is 0. The fraction of sp³-hybridized carbons (Fsp3) is 0.308. The summed E-state index contributed by atoms with van der Waals surface area (Å²) in [6.07, 6.45) is 3.33. The number of nitrogens with two attached hydrogens (primary N) is 1. The fourth-order valence-electron chi connectivity index (χ4n) is 1.84. The van der Waals surface area contributed by atoms with Crippen LogP contribution < -0.4 is 5.73 Å². The summed E-state index contributed by atoms with van der Waals surface area (Å²) in [6, 6.07) is 3.65. The zero-order valence-corrected chi connectivity index (χ0v) is 10.7. The molecule has 0 aliphatic carbocycles. The van der Waals surface area contributed by atoms with Gasteiger partial charge in [0, 0.05) is 23.4 Å². The van der Waals surface area contributed by atoms with Crippen molar-refractivity contribution in [2.75, 3.05) is 0 Å². The van der Waals surface area contributed by atoms with E-state index in [1.54, 1.807) is 18.5 Å². The SMILES string of the molecule is CC(C)(C)c1[nH]nc(-c2cccnc2)c1C(N)=O. The first kappa shape index (κ1) is 12.3. The van der Waals surface area contributed by atoms with Gasteiger partial charge in [-0.3, -0.25) is 14.9 Å². The van der Waals surface area contributed by atoms with Crippen LogP contribution in [0.1, 0.15) is 36.8 Å². The van der Waals surface area contributed by atoms with Gasteiger partial charge < -0.3 is 5.73 Å². The van der Waals surface area contributed by atoms with Gasteiger partial charge >= 0.3 is 0 Å². The van der Waals surface area contributed by atoms with Gasteiger partial charge in [-0.1, -0.05) is 20.8 Å². The molecule has 0 bridgehead atoms. The number of aromatic nitrogens is 3. The summed E-state index contributed by atoms with van der Waals surface area (Å²) in [5.74, 6) is -0.479. The van der Waals surface area contributed by atoms with E-state index in [0.717, 1.165) is 11.3 Å². The highest BCUT2D eigenvalue weighted by Crippen LogP contribution is 2.30. The van der Waals surface area contributed by atoms with Crippen LogP contribution in [0.5, 0.6) is 0 Å². The van der Waals surface area contributed by atoms with E-state index in [1.807, 2.05) is 26.8 Å². The molecule has 2 aromatic rings. The lowest BCUT2D eigenvalue weighted by Crippen LogP contribution is -2.21. The molecule has 18 heavy (non-hydrogen) atoms. The number of primary amides is 1. The first-order valence-electron chi connectivity index (χ1n) is 5.70. The van der Waals surface area contributed by atoms with Gasteiger partial charge in [-0.05, 0) is 12.1 Å². The highest BCUT2D eigenvalue weighted by atomic mass is 16.1. The van der Waals surface area contributed by atoms with Gasteiger partial charge in [0.15, 0.2) is 0 Å². The minimum absolute atomic E-state index is 0.224. The van der Waals surface area contributed by atoms with Gasteiger partial charge in [-0.15, -0.1) is 0 Å². The van der Waals surface area contributed by atoms with Gasteiger partial charge in [0.25, 0.3) is 5.91 Å². The lowest BCUT2D eigenvalue weighted by molar-refractivity contribution is 0.0999. The van der Waals surface area contributed by atoms with E-state index in [1.165, 1.54) is 0 Å². The molecule has 0 atom stereocenters. The standard InChI is InChI=1S/C13H16N4O/c1-13(2,3)11-9(12(14)18)10(16-17-11)8-5-4-6-15-7-8/h4-7H,1-3H3,(H2,14,18)(H,16,17). The molecule has 5 nitrogen and oxygen atoms in total. The fourth-order valence-corrected chi connectivity index (χ4v) is 1.84. The van der Waals surface area contributed by atoms with E-state index in [-0.39, 0.29) is 5.41 Å². The first-order valence-corrected chi connectivity index (χ1v) is 5.70. The molecule has 0 unspecified atom stereocenters. The average Bonchev–Trinajstić information content (AvgIpc) is 2.74.